The molecule has 0 aliphatic carbocycles. The quantitative estimate of drug-likeness (QED) is 0.340. The summed E-state index contributed by atoms with van der Waals surface area (Å²) in [5, 5.41) is 2.68. The van der Waals surface area contributed by atoms with Gasteiger partial charge in [-0.1, -0.05) is 6.58 Å². The van der Waals surface area contributed by atoms with Crippen molar-refractivity contribution in [1.82, 2.24) is 10.2 Å². The molecule has 7 heteroatoms. The highest BCUT2D eigenvalue weighted by Crippen LogP contribution is 1.96. The van der Waals surface area contributed by atoms with Gasteiger partial charge in [-0.3, -0.25) is 9.35 Å². The molecule has 0 aromatic carbocycles. The molecule has 0 unspecified atom stereocenters. The Morgan fingerprint density at radius 3 is 2.50 bits per heavy atom. The molecule has 0 aromatic heterocycles. The number of hydrogen-bond donors (Lipinski definition) is 2. The van der Waals surface area contributed by atoms with Gasteiger partial charge in [0.1, 0.15) is 0 Å². The van der Waals surface area contributed by atoms with Crippen molar-refractivity contribution in [3.05, 3.63) is 12.7 Å². The highest BCUT2D eigenvalue weighted by molar-refractivity contribution is 7.85. The van der Waals surface area contributed by atoms with Crippen LogP contribution in [0.15, 0.2) is 12.7 Å². The fourth-order valence-electron chi connectivity index (χ4n) is 1.42. The van der Waals surface area contributed by atoms with E-state index in [0.29, 0.717) is 19.5 Å². The van der Waals surface area contributed by atoms with Crippen LogP contribution in [0.3, 0.4) is 0 Å². The van der Waals surface area contributed by atoms with Gasteiger partial charge in [0, 0.05) is 6.54 Å². The topological polar surface area (TPSA) is 86.7 Å². The van der Waals surface area contributed by atoms with E-state index in [-0.39, 0.29) is 11.7 Å². The van der Waals surface area contributed by atoms with Crippen LogP contribution in [0.2, 0.25) is 0 Å². The zero-order valence-electron chi connectivity index (χ0n) is 10.8. The molecular weight excluding hydrogens is 256 g/mol. The van der Waals surface area contributed by atoms with E-state index in [1.54, 1.807) is 0 Å². The van der Waals surface area contributed by atoms with E-state index in [1.165, 1.54) is 6.08 Å². The van der Waals surface area contributed by atoms with Gasteiger partial charge in [0.15, 0.2) is 0 Å². The Kier molecular flexibility index (Phi) is 8.61. The summed E-state index contributed by atoms with van der Waals surface area (Å²) < 4.78 is 29.5. The van der Waals surface area contributed by atoms with Crippen molar-refractivity contribution in [1.29, 1.82) is 0 Å². The maximum atomic E-state index is 10.8. The summed E-state index contributed by atoms with van der Waals surface area (Å²) >= 11 is 0. The van der Waals surface area contributed by atoms with E-state index in [1.807, 2.05) is 11.9 Å². The lowest BCUT2D eigenvalue weighted by molar-refractivity contribution is -0.116. The van der Waals surface area contributed by atoms with E-state index in [9.17, 15) is 13.2 Å². The predicted molar refractivity (Wildman–Crippen MR) is 71.0 cm³/mol. The van der Waals surface area contributed by atoms with Crippen LogP contribution in [0.25, 0.3) is 0 Å². The average Bonchev–Trinajstić information content (AvgIpc) is 2.26. The molecule has 0 bridgehead atoms. The summed E-state index contributed by atoms with van der Waals surface area (Å²) in [7, 11) is -1.95. The largest absolute Gasteiger partial charge is 0.353 e. The number of nitrogens with one attached hydrogen (secondary N) is 1. The molecule has 2 N–H and O–H groups in total. The monoisotopic (exact) mass is 278 g/mol. The first-order chi connectivity index (χ1) is 8.35. The van der Waals surface area contributed by atoms with Gasteiger partial charge in [-0.2, -0.15) is 8.42 Å². The highest BCUT2D eigenvalue weighted by Gasteiger charge is 2.05. The first-order valence-electron chi connectivity index (χ1n) is 5.89. The lowest BCUT2D eigenvalue weighted by atomic mass is 10.3. The third-order valence-electron chi connectivity index (χ3n) is 2.39. The van der Waals surface area contributed by atoms with E-state index < -0.39 is 10.1 Å². The fraction of sp³-hybridized carbons (Fsp3) is 0.727. The highest BCUT2D eigenvalue weighted by atomic mass is 32.2. The van der Waals surface area contributed by atoms with Crippen LogP contribution in [0.4, 0.5) is 0 Å². The number of unbranched alkanes of at least 4 members (excludes halogenated alkanes) is 1. The lowest BCUT2D eigenvalue weighted by Gasteiger charge is -2.15. The molecule has 0 rings (SSSR count). The normalized spacial score (nSPS) is 11.5. The zero-order valence-corrected chi connectivity index (χ0v) is 11.6. The average molecular weight is 278 g/mol. The van der Waals surface area contributed by atoms with Crippen molar-refractivity contribution in [2.45, 2.75) is 19.3 Å². The number of carbonyl (C=O) groups is 1. The van der Waals surface area contributed by atoms with Crippen molar-refractivity contribution in [2.24, 2.45) is 0 Å². The first-order valence-corrected chi connectivity index (χ1v) is 7.50. The molecule has 0 spiro atoms. The molecule has 0 fully saturated rings. The zero-order chi connectivity index (χ0) is 14.0. The minimum absolute atomic E-state index is 0.170. The molecule has 0 atom stereocenters. The maximum Gasteiger partial charge on any atom is 0.264 e. The van der Waals surface area contributed by atoms with Crippen molar-refractivity contribution < 1.29 is 17.8 Å². The van der Waals surface area contributed by atoms with Gasteiger partial charge in [0.05, 0.1) is 5.75 Å². The summed E-state index contributed by atoms with van der Waals surface area (Å²) in [4.78, 5) is 12.8. The Balaban J connectivity index is 3.45. The Hall–Kier alpha value is -0.920. The van der Waals surface area contributed by atoms with Crippen LogP contribution >= 0.6 is 0 Å². The van der Waals surface area contributed by atoms with Crippen molar-refractivity contribution in [3.63, 3.8) is 0 Å². The molecule has 0 aromatic rings. The van der Waals surface area contributed by atoms with Crippen LogP contribution < -0.4 is 5.32 Å². The maximum absolute atomic E-state index is 10.8. The van der Waals surface area contributed by atoms with Crippen LogP contribution in [-0.4, -0.2) is 56.2 Å². The second-order valence-electron chi connectivity index (χ2n) is 4.15. The summed E-state index contributed by atoms with van der Waals surface area (Å²) in [5.74, 6) is -0.372. The van der Waals surface area contributed by atoms with Gasteiger partial charge in [0.25, 0.3) is 10.1 Å². The van der Waals surface area contributed by atoms with Gasteiger partial charge in [0.2, 0.25) is 5.91 Å². The van der Waals surface area contributed by atoms with Crippen molar-refractivity contribution in [3.8, 4) is 0 Å². The van der Waals surface area contributed by atoms with Crippen LogP contribution in [-0.2, 0) is 14.9 Å². The fourth-order valence-corrected chi connectivity index (χ4v) is 1.91. The molecule has 1 amide bonds. The SMILES string of the molecule is C=CC(=O)NCCCCN(C)CCCS(=O)(=O)O. The molecular formula is C11H22N2O4S. The second kappa shape index (κ2) is 9.07. The second-order valence-corrected chi connectivity index (χ2v) is 5.72. The third kappa shape index (κ3) is 11.6. The minimum atomic E-state index is -3.84. The van der Waals surface area contributed by atoms with Crippen molar-refractivity contribution in [2.75, 3.05) is 32.4 Å². The number of amides is 1. The number of hydrogen-bond acceptors (Lipinski definition) is 4. The van der Waals surface area contributed by atoms with E-state index in [0.717, 1.165) is 19.4 Å². The molecule has 0 saturated carbocycles. The molecule has 0 aliphatic rings. The van der Waals surface area contributed by atoms with Gasteiger partial charge in [-0.05, 0) is 45.5 Å². The van der Waals surface area contributed by atoms with E-state index in [2.05, 4.69) is 11.9 Å². The number of rotatable bonds is 10. The van der Waals surface area contributed by atoms with Gasteiger partial charge < -0.3 is 10.2 Å². The Morgan fingerprint density at radius 2 is 1.94 bits per heavy atom. The molecule has 106 valence electrons. The Morgan fingerprint density at radius 1 is 1.33 bits per heavy atom. The summed E-state index contributed by atoms with van der Waals surface area (Å²) in [5.41, 5.74) is 0. The molecule has 18 heavy (non-hydrogen) atoms. The van der Waals surface area contributed by atoms with Gasteiger partial charge in [-0.15, -0.1) is 0 Å². The van der Waals surface area contributed by atoms with Crippen LogP contribution in [0.1, 0.15) is 19.3 Å². The van der Waals surface area contributed by atoms with E-state index in [4.69, 9.17) is 4.55 Å². The number of nitrogens with zero attached hydrogens (tertiary/aromatic N) is 1. The molecule has 0 heterocycles. The van der Waals surface area contributed by atoms with E-state index >= 15 is 0 Å². The molecule has 0 saturated heterocycles. The first kappa shape index (κ1) is 17.1. The molecule has 0 aliphatic heterocycles. The van der Waals surface area contributed by atoms with Crippen molar-refractivity contribution >= 4 is 16.0 Å². The molecule has 0 radical (unpaired) electrons. The predicted octanol–water partition coefficient (Wildman–Crippen LogP) is 0.279. The van der Waals surface area contributed by atoms with Gasteiger partial charge >= 0.3 is 0 Å². The summed E-state index contributed by atoms with van der Waals surface area (Å²) in [6, 6.07) is 0. The smallest absolute Gasteiger partial charge is 0.264 e. The Labute approximate surface area is 109 Å². The molecule has 6 nitrogen and oxygen atoms in total. The minimum Gasteiger partial charge on any atom is -0.353 e. The van der Waals surface area contributed by atoms with Gasteiger partial charge in [-0.25, -0.2) is 0 Å². The third-order valence-corrected chi connectivity index (χ3v) is 3.20. The lowest BCUT2D eigenvalue weighted by Crippen LogP contribution is -2.25. The Bertz CT molecular complexity index is 354. The standard InChI is InChI=1S/C11H22N2O4S/c1-3-11(14)12-7-4-5-8-13(2)9-6-10-18(15,16)17/h3H,1,4-10H2,2H3,(H,12,14)(H,15,16,17). The summed E-state index contributed by atoms with van der Waals surface area (Å²) in [6.45, 7) is 5.42. The summed E-state index contributed by atoms with van der Waals surface area (Å²) in [6.07, 6.45) is 3.44. The van der Waals surface area contributed by atoms with Crippen LogP contribution in [0, 0.1) is 0 Å². The number of carbonyl (C=O) groups excluding carboxylic acids is 1. The van der Waals surface area contributed by atoms with Crippen LogP contribution in [0.5, 0.6) is 0 Å².